The van der Waals surface area contributed by atoms with E-state index in [1.165, 1.54) is 23.3 Å². The van der Waals surface area contributed by atoms with Crippen molar-refractivity contribution in [2.75, 3.05) is 0 Å². The number of rotatable bonds is 4. The van der Waals surface area contributed by atoms with Gasteiger partial charge in [0.25, 0.3) is 0 Å². The van der Waals surface area contributed by atoms with Crippen molar-refractivity contribution >= 4 is 27.4 Å². The van der Waals surface area contributed by atoms with Crippen LogP contribution >= 0.6 is 0 Å². The van der Waals surface area contributed by atoms with E-state index in [4.69, 9.17) is 0 Å². The van der Waals surface area contributed by atoms with Crippen LogP contribution in [-0.4, -0.2) is 15.8 Å². The van der Waals surface area contributed by atoms with E-state index in [2.05, 4.69) is 123 Å². The highest BCUT2D eigenvalue weighted by Gasteiger charge is 2.44. The summed E-state index contributed by atoms with van der Waals surface area (Å²) in [4.78, 5) is 0. The van der Waals surface area contributed by atoms with Crippen LogP contribution in [0.1, 0.15) is 112 Å². The summed E-state index contributed by atoms with van der Waals surface area (Å²) in [6.07, 6.45) is -0.650. The number of allylic oxidation sites excluding steroid dienone is 2. The number of hydrogen-bond donors (Lipinski definition) is 1. The molecule has 1 aliphatic carbocycles. The first-order valence-corrected chi connectivity index (χ1v) is 16.7. The number of aliphatic hydroxyl groups excluding tert-OH is 1. The number of aromatic nitrogens is 1. The molecule has 0 radical (unpaired) electrons. The van der Waals surface area contributed by atoms with Crippen molar-refractivity contribution in [1.29, 1.82) is 0 Å². The van der Waals surface area contributed by atoms with E-state index in [9.17, 15) is 18.3 Å². The molecule has 0 saturated heterocycles. The third-order valence-electron chi connectivity index (χ3n) is 9.86. The maximum atomic E-state index is 13.9. The van der Waals surface area contributed by atoms with Gasteiger partial charge in [0.15, 0.2) is 0 Å². The number of alkyl halides is 3. The summed E-state index contributed by atoms with van der Waals surface area (Å²) in [7, 11) is 0. The minimum atomic E-state index is -4.49. The molecule has 3 aromatic carbocycles. The Hall–Kier alpha value is -3.31. The van der Waals surface area contributed by atoms with Crippen molar-refractivity contribution in [2.24, 2.45) is 10.8 Å². The van der Waals surface area contributed by atoms with Gasteiger partial charge < -0.3 is 9.67 Å². The monoisotopic (exact) mass is 643 g/mol. The Morgan fingerprint density at radius 2 is 1.21 bits per heavy atom. The average Bonchev–Trinajstić information content (AvgIpc) is 3.25. The van der Waals surface area contributed by atoms with Crippen LogP contribution in [0.4, 0.5) is 13.2 Å². The Morgan fingerprint density at radius 1 is 0.702 bits per heavy atom. The van der Waals surface area contributed by atoms with Crippen LogP contribution < -0.4 is 0 Å². The molecule has 2 atom stereocenters. The molecular formula is C42H52F3NO. The quantitative estimate of drug-likeness (QED) is 0.235. The Kier molecular flexibility index (Phi) is 8.28. The summed E-state index contributed by atoms with van der Waals surface area (Å²) in [5.74, 6) is 0. The molecule has 1 N–H and O–H groups in total. The normalized spacial score (nSPS) is 20.1. The molecule has 0 spiro atoms. The largest absolute Gasteiger partial charge is 0.416 e. The van der Waals surface area contributed by atoms with Gasteiger partial charge in [0.1, 0.15) is 6.10 Å². The molecule has 0 bridgehead atoms. The topological polar surface area (TPSA) is 25.2 Å². The summed E-state index contributed by atoms with van der Waals surface area (Å²) in [5.41, 5.74) is 4.05. The zero-order valence-corrected chi connectivity index (χ0v) is 30.2. The second-order valence-corrected chi connectivity index (χ2v) is 17.8. The molecule has 0 fully saturated rings. The first kappa shape index (κ1) is 35.0. The van der Waals surface area contributed by atoms with Crippen LogP contribution in [0.2, 0.25) is 0 Å². The minimum absolute atomic E-state index is 0.000561. The fraction of sp³-hybridized carbons (Fsp3) is 0.476. The number of benzene rings is 3. The Balaban J connectivity index is 1.87. The van der Waals surface area contributed by atoms with Crippen LogP contribution in [0.5, 0.6) is 0 Å². The number of nitrogens with zero attached hydrogens (tertiary/aromatic N) is 1. The summed E-state index contributed by atoms with van der Waals surface area (Å²) in [5, 5.41) is 14.7. The molecule has 252 valence electrons. The van der Waals surface area contributed by atoms with Crippen molar-refractivity contribution in [3.05, 3.63) is 101 Å². The highest BCUT2D eigenvalue weighted by atomic mass is 19.4. The lowest BCUT2D eigenvalue weighted by molar-refractivity contribution is -0.137. The summed E-state index contributed by atoms with van der Waals surface area (Å²) >= 11 is 0. The van der Waals surface area contributed by atoms with E-state index >= 15 is 0 Å². The van der Waals surface area contributed by atoms with Crippen LogP contribution in [0.3, 0.4) is 0 Å². The van der Waals surface area contributed by atoms with Crippen LogP contribution in [0.25, 0.3) is 27.4 Å². The summed E-state index contributed by atoms with van der Waals surface area (Å²) in [6.45, 7) is 26.3. The third-order valence-corrected chi connectivity index (χ3v) is 9.86. The molecule has 0 saturated carbocycles. The van der Waals surface area contributed by atoms with E-state index in [0.717, 1.165) is 39.9 Å². The van der Waals surface area contributed by atoms with Gasteiger partial charge in [-0.3, -0.25) is 0 Å². The molecule has 0 amide bonds. The lowest BCUT2D eigenvalue weighted by Gasteiger charge is -2.44. The minimum Gasteiger partial charge on any atom is -0.386 e. The predicted molar refractivity (Wildman–Crippen MR) is 192 cm³/mol. The van der Waals surface area contributed by atoms with Crippen LogP contribution in [0.15, 0.2) is 78.4 Å². The standard InChI is InChI=1S/C42H52F3NO/c1-37(2,3)25-40(10,11)30-23-31(26-14-13-15-29(20-26)42(43,44)45)36(47)41(12,24-30)46-34-18-16-27(38(4,5)6)21-32(34)33-22-28(39(7,8)9)17-19-35(33)46/h13-24,36,47H,25H2,1-12H3. The Bertz CT molecular complexity index is 1830. The van der Waals surface area contributed by atoms with Gasteiger partial charge in [-0.25, -0.2) is 0 Å². The Labute approximate surface area is 279 Å². The first-order chi connectivity index (χ1) is 21.3. The highest BCUT2D eigenvalue weighted by molar-refractivity contribution is 6.09. The maximum absolute atomic E-state index is 13.9. The molecule has 5 rings (SSSR count). The predicted octanol–water partition coefficient (Wildman–Crippen LogP) is 12.0. The number of fused-ring (bicyclic) bond motifs is 3. The molecule has 1 aliphatic rings. The zero-order chi connectivity index (χ0) is 35.1. The van der Waals surface area contributed by atoms with Crippen molar-refractivity contribution < 1.29 is 18.3 Å². The smallest absolute Gasteiger partial charge is 0.386 e. The zero-order valence-electron chi connectivity index (χ0n) is 30.2. The van der Waals surface area contributed by atoms with E-state index < -0.39 is 23.4 Å². The van der Waals surface area contributed by atoms with Crippen molar-refractivity contribution in [3.63, 3.8) is 0 Å². The van der Waals surface area contributed by atoms with Gasteiger partial charge in [-0.1, -0.05) is 113 Å². The molecule has 2 nitrogen and oxygen atoms in total. The second-order valence-electron chi connectivity index (χ2n) is 17.8. The van der Waals surface area contributed by atoms with Crippen molar-refractivity contribution in [1.82, 2.24) is 4.57 Å². The van der Waals surface area contributed by atoms with E-state index in [1.54, 1.807) is 6.07 Å². The molecule has 2 unspecified atom stereocenters. The molecule has 1 heterocycles. The molecule has 1 aromatic heterocycles. The van der Waals surface area contributed by atoms with Gasteiger partial charge >= 0.3 is 6.18 Å². The van der Waals surface area contributed by atoms with Crippen LogP contribution in [-0.2, 0) is 22.5 Å². The fourth-order valence-electron chi connectivity index (χ4n) is 7.59. The third kappa shape index (κ3) is 6.57. The van der Waals surface area contributed by atoms with Gasteiger partial charge in [0.2, 0.25) is 0 Å². The fourth-order valence-corrected chi connectivity index (χ4v) is 7.59. The van der Waals surface area contributed by atoms with Gasteiger partial charge in [0.05, 0.1) is 22.1 Å². The lowest BCUT2D eigenvalue weighted by atomic mass is 9.67. The SMILES string of the molecule is CC(C)(C)CC(C)(C)C1=CC(C)(n2c3ccc(C(C)(C)C)cc3c3cc(C(C)(C)C)ccc32)C(O)C(c2cccc(C(F)(F)F)c2)=C1. The van der Waals surface area contributed by atoms with Gasteiger partial charge in [0, 0.05) is 10.8 Å². The molecule has 0 aliphatic heterocycles. The molecule has 47 heavy (non-hydrogen) atoms. The van der Waals surface area contributed by atoms with Crippen LogP contribution in [0, 0.1) is 10.8 Å². The van der Waals surface area contributed by atoms with E-state index in [1.807, 2.05) is 13.0 Å². The number of aliphatic hydroxyl groups is 1. The van der Waals surface area contributed by atoms with Gasteiger partial charge in [-0.15, -0.1) is 0 Å². The molecular weight excluding hydrogens is 591 g/mol. The summed E-state index contributed by atoms with van der Waals surface area (Å²) < 4.78 is 44.1. The number of halogens is 3. The molecule has 4 aromatic rings. The maximum Gasteiger partial charge on any atom is 0.416 e. The van der Waals surface area contributed by atoms with Gasteiger partial charge in [-0.2, -0.15) is 13.2 Å². The Morgan fingerprint density at radius 3 is 1.66 bits per heavy atom. The van der Waals surface area contributed by atoms with Crippen molar-refractivity contribution in [2.45, 2.75) is 118 Å². The van der Waals surface area contributed by atoms with Gasteiger partial charge in [-0.05, 0) is 99.2 Å². The molecule has 5 heteroatoms. The lowest BCUT2D eigenvalue weighted by Crippen LogP contribution is -2.44. The van der Waals surface area contributed by atoms with E-state index in [0.29, 0.717) is 11.1 Å². The van der Waals surface area contributed by atoms with E-state index in [-0.39, 0.29) is 21.7 Å². The first-order valence-electron chi connectivity index (χ1n) is 16.7. The highest BCUT2D eigenvalue weighted by Crippen LogP contribution is 2.49. The van der Waals surface area contributed by atoms with Crippen molar-refractivity contribution in [3.8, 4) is 0 Å². The second kappa shape index (κ2) is 11.1. The number of hydrogen-bond acceptors (Lipinski definition) is 1. The average molecular weight is 644 g/mol. The summed E-state index contributed by atoms with van der Waals surface area (Å²) in [6, 6.07) is 18.6.